The quantitative estimate of drug-likeness (QED) is 0.846. The molecule has 0 saturated heterocycles. The Labute approximate surface area is 117 Å². The van der Waals surface area contributed by atoms with E-state index in [0.717, 1.165) is 12.3 Å². The van der Waals surface area contributed by atoms with Crippen LogP contribution in [0.3, 0.4) is 0 Å². The summed E-state index contributed by atoms with van der Waals surface area (Å²) < 4.78 is 5.33. The molecule has 0 aromatic carbocycles. The molecule has 0 fully saturated rings. The number of nitrogens with zero attached hydrogens (tertiary/aromatic N) is 1. The normalized spacial score (nSPS) is 10.6. The van der Waals surface area contributed by atoms with Crippen molar-refractivity contribution in [3.8, 4) is 0 Å². The lowest BCUT2D eigenvalue weighted by Gasteiger charge is -2.21. The number of nitrogens with one attached hydrogen (secondary N) is 1. The summed E-state index contributed by atoms with van der Waals surface area (Å²) >= 11 is 1.66. The van der Waals surface area contributed by atoms with Crippen molar-refractivity contribution in [2.24, 2.45) is 0 Å². The molecule has 2 aromatic heterocycles. The average molecular weight is 278 g/mol. The minimum Gasteiger partial charge on any atom is -0.467 e. The Kier molecular flexibility index (Phi) is 5.18. The second-order valence-corrected chi connectivity index (χ2v) is 5.22. The number of furan rings is 1. The molecule has 1 N–H and O–H groups in total. The fourth-order valence-electron chi connectivity index (χ4n) is 1.76. The van der Waals surface area contributed by atoms with E-state index in [9.17, 15) is 4.79 Å². The summed E-state index contributed by atoms with van der Waals surface area (Å²) in [5.41, 5.74) is 0. The number of carbonyl (C=O) groups excluding carboxylic acids is 1. The summed E-state index contributed by atoms with van der Waals surface area (Å²) in [6.45, 7) is 4.28. The van der Waals surface area contributed by atoms with Crippen LogP contribution in [0.2, 0.25) is 0 Å². The van der Waals surface area contributed by atoms with Gasteiger partial charge in [0.25, 0.3) is 0 Å². The first-order valence-corrected chi connectivity index (χ1v) is 7.21. The van der Waals surface area contributed by atoms with Crippen molar-refractivity contribution < 1.29 is 9.21 Å². The standard InChI is InChI=1S/C14H18N2O2S/c1-2-15-9-14(17)16(10-12-5-3-7-18-12)11-13-6-4-8-19-13/h3-8,15H,2,9-11H2,1H3. The van der Waals surface area contributed by atoms with Gasteiger partial charge in [-0.3, -0.25) is 4.79 Å². The largest absolute Gasteiger partial charge is 0.467 e. The summed E-state index contributed by atoms with van der Waals surface area (Å²) in [6.07, 6.45) is 1.63. The van der Waals surface area contributed by atoms with Crippen LogP contribution in [-0.4, -0.2) is 23.9 Å². The summed E-state index contributed by atoms with van der Waals surface area (Å²) in [6, 6.07) is 7.77. The van der Waals surface area contributed by atoms with Crippen molar-refractivity contribution >= 4 is 17.2 Å². The zero-order valence-electron chi connectivity index (χ0n) is 11.0. The maximum absolute atomic E-state index is 12.2. The fraction of sp³-hybridized carbons (Fsp3) is 0.357. The van der Waals surface area contributed by atoms with Crippen LogP contribution >= 0.6 is 11.3 Å². The van der Waals surface area contributed by atoms with E-state index in [-0.39, 0.29) is 5.91 Å². The Morgan fingerprint density at radius 3 is 2.89 bits per heavy atom. The molecule has 0 saturated carbocycles. The van der Waals surface area contributed by atoms with E-state index in [1.165, 1.54) is 4.88 Å². The van der Waals surface area contributed by atoms with Crippen molar-refractivity contribution in [3.05, 3.63) is 46.5 Å². The lowest BCUT2D eigenvalue weighted by molar-refractivity contribution is -0.131. The van der Waals surface area contributed by atoms with E-state index in [1.54, 1.807) is 17.6 Å². The third-order valence-electron chi connectivity index (χ3n) is 2.73. The number of likely N-dealkylation sites (N-methyl/N-ethyl adjacent to an activating group) is 1. The molecule has 0 atom stereocenters. The smallest absolute Gasteiger partial charge is 0.237 e. The first kappa shape index (κ1) is 13.8. The number of amides is 1. The second-order valence-electron chi connectivity index (χ2n) is 4.19. The van der Waals surface area contributed by atoms with Crippen molar-refractivity contribution in [2.75, 3.05) is 13.1 Å². The Morgan fingerprint density at radius 2 is 2.26 bits per heavy atom. The molecule has 0 aliphatic carbocycles. The Hall–Kier alpha value is -1.59. The van der Waals surface area contributed by atoms with Gasteiger partial charge < -0.3 is 14.6 Å². The molecule has 0 spiro atoms. The number of thiophene rings is 1. The van der Waals surface area contributed by atoms with Crippen LogP contribution in [-0.2, 0) is 17.9 Å². The van der Waals surface area contributed by atoms with Gasteiger partial charge in [0.2, 0.25) is 5.91 Å². The number of hydrogen-bond donors (Lipinski definition) is 1. The van der Waals surface area contributed by atoms with Crippen LogP contribution in [0, 0.1) is 0 Å². The zero-order valence-corrected chi connectivity index (χ0v) is 11.8. The highest BCUT2D eigenvalue weighted by molar-refractivity contribution is 7.09. The molecule has 0 radical (unpaired) electrons. The summed E-state index contributed by atoms with van der Waals surface area (Å²) in [5, 5.41) is 5.09. The van der Waals surface area contributed by atoms with Gasteiger partial charge in [0.15, 0.2) is 0 Å². The molecule has 2 heterocycles. The highest BCUT2D eigenvalue weighted by Crippen LogP contribution is 2.14. The molecule has 102 valence electrons. The molecule has 5 heteroatoms. The van der Waals surface area contributed by atoms with Gasteiger partial charge in [-0.25, -0.2) is 0 Å². The molecule has 4 nitrogen and oxygen atoms in total. The Balaban J connectivity index is 2.01. The Bertz CT molecular complexity index is 443. The summed E-state index contributed by atoms with van der Waals surface area (Å²) in [5.74, 6) is 0.896. The third kappa shape index (κ3) is 4.22. The molecule has 1 amide bonds. The topological polar surface area (TPSA) is 45.5 Å². The van der Waals surface area contributed by atoms with E-state index in [4.69, 9.17) is 4.42 Å². The van der Waals surface area contributed by atoms with E-state index in [0.29, 0.717) is 19.6 Å². The first-order chi connectivity index (χ1) is 9.29. The molecule has 0 aliphatic rings. The van der Waals surface area contributed by atoms with Crippen LogP contribution < -0.4 is 5.32 Å². The lowest BCUT2D eigenvalue weighted by Crippen LogP contribution is -2.37. The van der Waals surface area contributed by atoms with Crippen LogP contribution in [0.1, 0.15) is 17.6 Å². The van der Waals surface area contributed by atoms with Crippen LogP contribution in [0.5, 0.6) is 0 Å². The molecule has 2 rings (SSSR count). The molecular formula is C14H18N2O2S. The van der Waals surface area contributed by atoms with Gasteiger partial charge in [0.1, 0.15) is 5.76 Å². The van der Waals surface area contributed by atoms with E-state index in [1.807, 2.05) is 41.5 Å². The van der Waals surface area contributed by atoms with Crippen molar-refractivity contribution in [1.82, 2.24) is 10.2 Å². The summed E-state index contributed by atoms with van der Waals surface area (Å²) in [4.78, 5) is 15.2. The van der Waals surface area contributed by atoms with Crippen LogP contribution in [0.15, 0.2) is 40.3 Å². The zero-order chi connectivity index (χ0) is 13.5. The minimum atomic E-state index is 0.0895. The highest BCUT2D eigenvalue weighted by atomic mass is 32.1. The predicted molar refractivity (Wildman–Crippen MR) is 75.8 cm³/mol. The van der Waals surface area contributed by atoms with Gasteiger partial charge in [0, 0.05) is 4.88 Å². The van der Waals surface area contributed by atoms with Gasteiger partial charge >= 0.3 is 0 Å². The minimum absolute atomic E-state index is 0.0895. The Morgan fingerprint density at radius 1 is 1.37 bits per heavy atom. The highest BCUT2D eigenvalue weighted by Gasteiger charge is 2.15. The van der Waals surface area contributed by atoms with E-state index >= 15 is 0 Å². The van der Waals surface area contributed by atoms with Gasteiger partial charge in [0.05, 0.1) is 25.9 Å². The van der Waals surface area contributed by atoms with Crippen LogP contribution in [0.25, 0.3) is 0 Å². The van der Waals surface area contributed by atoms with Gasteiger partial charge in [-0.05, 0) is 30.1 Å². The first-order valence-electron chi connectivity index (χ1n) is 6.33. The van der Waals surface area contributed by atoms with E-state index in [2.05, 4.69) is 5.32 Å². The maximum Gasteiger partial charge on any atom is 0.237 e. The predicted octanol–water partition coefficient (Wildman–Crippen LogP) is 2.48. The SMILES string of the molecule is CCNCC(=O)N(Cc1ccco1)Cc1cccs1. The van der Waals surface area contributed by atoms with E-state index < -0.39 is 0 Å². The molecule has 0 unspecified atom stereocenters. The molecular weight excluding hydrogens is 260 g/mol. The molecule has 2 aromatic rings. The van der Waals surface area contributed by atoms with Gasteiger partial charge in [-0.15, -0.1) is 11.3 Å². The average Bonchev–Trinajstić information content (AvgIpc) is 3.08. The number of carbonyl (C=O) groups is 1. The molecule has 0 bridgehead atoms. The lowest BCUT2D eigenvalue weighted by atomic mass is 10.3. The fourth-order valence-corrected chi connectivity index (χ4v) is 2.48. The number of rotatable bonds is 7. The number of hydrogen-bond acceptors (Lipinski definition) is 4. The monoisotopic (exact) mass is 278 g/mol. The van der Waals surface area contributed by atoms with Crippen molar-refractivity contribution in [1.29, 1.82) is 0 Å². The van der Waals surface area contributed by atoms with Crippen molar-refractivity contribution in [2.45, 2.75) is 20.0 Å². The van der Waals surface area contributed by atoms with Crippen molar-refractivity contribution in [3.63, 3.8) is 0 Å². The molecule has 19 heavy (non-hydrogen) atoms. The van der Waals surface area contributed by atoms with Crippen LogP contribution in [0.4, 0.5) is 0 Å². The maximum atomic E-state index is 12.2. The molecule has 0 aliphatic heterocycles. The second kappa shape index (κ2) is 7.11. The third-order valence-corrected chi connectivity index (χ3v) is 3.59. The summed E-state index contributed by atoms with van der Waals surface area (Å²) in [7, 11) is 0. The van der Waals surface area contributed by atoms with Gasteiger partial charge in [-0.1, -0.05) is 13.0 Å². The van der Waals surface area contributed by atoms with Gasteiger partial charge in [-0.2, -0.15) is 0 Å².